The molecule has 1 aromatic rings. The van der Waals surface area contributed by atoms with Gasteiger partial charge in [0, 0.05) is 26.8 Å². The Morgan fingerprint density at radius 3 is 2.55 bits per heavy atom. The van der Waals surface area contributed by atoms with Gasteiger partial charge in [-0.05, 0) is 37.8 Å². The van der Waals surface area contributed by atoms with Crippen LogP contribution in [0.3, 0.4) is 0 Å². The van der Waals surface area contributed by atoms with Crippen LogP contribution in [0.15, 0.2) is 18.2 Å². The summed E-state index contributed by atoms with van der Waals surface area (Å²) in [6.45, 7) is 4.34. The number of ketones is 1. The topological polar surface area (TPSA) is 38.8 Å². The molecule has 1 aliphatic rings. The predicted octanol–water partition coefficient (Wildman–Crippen LogP) is 2.76. The Morgan fingerprint density at radius 1 is 1.30 bits per heavy atom. The molecule has 0 aliphatic carbocycles. The lowest BCUT2D eigenvalue weighted by Crippen LogP contribution is -2.35. The van der Waals surface area contributed by atoms with Crippen molar-refractivity contribution >= 4 is 11.5 Å². The summed E-state index contributed by atoms with van der Waals surface area (Å²) in [7, 11) is 3.36. The van der Waals surface area contributed by atoms with E-state index >= 15 is 0 Å². The molecule has 4 heteroatoms. The van der Waals surface area contributed by atoms with Crippen molar-refractivity contribution < 1.29 is 14.3 Å². The molecule has 1 heterocycles. The minimum atomic E-state index is 0.0523. The molecule has 0 aromatic heterocycles. The Balaban J connectivity index is 2.19. The summed E-state index contributed by atoms with van der Waals surface area (Å²) in [5.41, 5.74) is 1.69. The smallest absolute Gasteiger partial charge is 0.165 e. The van der Waals surface area contributed by atoms with E-state index in [1.54, 1.807) is 21.1 Å². The summed E-state index contributed by atoms with van der Waals surface area (Å²) in [5.74, 6) is 1.34. The van der Waals surface area contributed by atoms with Gasteiger partial charge in [0.05, 0.1) is 18.4 Å². The summed E-state index contributed by atoms with van der Waals surface area (Å²) in [5, 5.41) is 0. The fourth-order valence-corrected chi connectivity index (χ4v) is 2.88. The third kappa shape index (κ3) is 3.12. The maximum atomic E-state index is 11.9. The van der Waals surface area contributed by atoms with Gasteiger partial charge in [-0.2, -0.15) is 0 Å². The van der Waals surface area contributed by atoms with Gasteiger partial charge < -0.3 is 14.4 Å². The van der Waals surface area contributed by atoms with Crippen molar-refractivity contribution in [2.24, 2.45) is 5.92 Å². The SMILES string of the molecule is COCC1CCN(c2cccc(OC)c2C(C)=O)CC1. The summed E-state index contributed by atoms with van der Waals surface area (Å²) in [6.07, 6.45) is 2.20. The van der Waals surface area contributed by atoms with E-state index in [1.165, 1.54) is 0 Å². The zero-order valence-corrected chi connectivity index (χ0v) is 12.5. The maximum Gasteiger partial charge on any atom is 0.165 e. The first-order valence-corrected chi connectivity index (χ1v) is 7.09. The molecule has 4 nitrogen and oxygen atoms in total. The van der Waals surface area contributed by atoms with E-state index in [4.69, 9.17) is 9.47 Å². The molecule has 0 saturated carbocycles. The van der Waals surface area contributed by atoms with Crippen LogP contribution in [0.1, 0.15) is 30.1 Å². The highest BCUT2D eigenvalue weighted by molar-refractivity contribution is 6.02. The van der Waals surface area contributed by atoms with Crippen molar-refractivity contribution in [1.29, 1.82) is 0 Å². The Morgan fingerprint density at radius 2 is 2.00 bits per heavy atom. The lowest BCUT2D eigenvalue weighted by atomic mass is 9.96. The van der Waals surface area contributed by atoms with Gasteiger partial charge in [0.2, 0.25) is 0 Å². The molecule has 1 aliphatic heterocycles. The number of rotatable bonds is 5. The van der Waals surface area contributed by atoms with Crippen LogP contribution in [0.4, 0.5) is 5.69 Å². The van der Waals surface area contributed by atoms with Gasteiger partial charge in [-0.25, -0.2) is 0 Å². The Kier molecular flexibility index (Phi) is 5.01. The van der Waals surface area contributed by atoms with Crippen molar-refractivity contribution in [2.45, 2.75) is 19.8 Å². The average Bonchev–Trinajstić information content (AvgIpc) is 2.47. The minimum Gasteiger partial charge on any atom is -0.496 e. The monoisotopic (exact) mass is 277 g/mol. The Bertz CT molecular complexity index is 465. The first kappa shape index (κ1) is 14.9. The standard InChI is InChI=1S/C16H23NO3/c1-12(18)16-14(5-4-6-15(16)20-3)17-9-7-13(8-10-17)11-19-2/h4-6,13H,7-11H2,1-3H3. The molecule has 20 heavy (non-hydrogen) atoms. The highest BCUT2D eigenvalue weighted by Crippen LogP contribution is 2.32. The van der Waals surface area contributed by atoms with Gasteiger partial charge in [0.25, 0.3) is 0 Å². The van der Waals surface area contributed by atoms with Crippen LogP contribution >= 0.6 is 0 Å². The molecule has 1 aromatic carbocycles. The molecule has 0 atom stereocenters. The molecule has 2 rings (SSSR count). The molecule has 0 bridgehead atoms. The first-order chi connectivity index (χ1) is 9.67. The minimum absolute atomic E-state index is 0.0523. The number of carbonyl (C=O) groups excluding carboxylic acids is 1. The van der Waals surface area contributed by atoms with E-state index in [1.807, 2.05) is 18.2 Å². The highest BCUT2D eigenvalue weighted by atomic mass is 16.5. The van der Waals surface area contributed by atoms with Crippen LogP contribution in [0.25, 0.3) is 0 Å². The fraction of sp³-hybridized carbons (Fsp3) is 0.562. The number of Topliss-reactive ketones (excluding diaryl/α,β-unsaturated/α-hetero) is 1. The Labute approximate surface area is 120 Å². The van der Waals surface area contributed by atoms with Crippen molar-refractivity contribution in [2.75, 3.05) is 38.8 Å². The first-order valence-electron chi connectivity index (χ1n) is 7.09. The van der Waals surface area contributed by atoms with Gasteiger partial charge in [0.1, 0.15) is 5.75 Å². The zero-order valence-electron chi connectivity index (χ0n) is 12.5. The van der Waals surface area contributed by atoms with Crippen molar-refractivity contribution in [3.8, 4) is 5.75 Å². The lowest BCUT2D eigenvalue weighted by Gasteiger charge is -2.34. The molecule has 0 spiro atoms. The maximum absolute atomic E-state index is 11.9. The fourth-order valence-electron chi connectivity index (χ4n) is 2.88. The number of carbonyl (C=O) groups is 1. The van der Waals surface area contributed by atoms with Crippen molar-refractivity contribution in [3.05, 3.63) is 23.8 Å². The number of methoxy groups -OCH3 is 2. The second kappa shape index (κ2) is 6.75. The van der Waals surface area contributed by atoms with Crippen LogP contribution in [0, 0.1) is 5.92 Å². The van der Waals surface area contributed by atoms with Gasteiger partial charge in [-0.15, -0.1) is 0 Å². The average molecular weight is 277 g/mol. The second-order valence-corrected chi connectivity index (χ2v) is 5.30. The van der Waals surface area contributed by atoms with Crippen LogP contribution in [-0.2, 0) is 4.74 Å². The number of piperidine rings is 1. The summed E-state index contributed by atoms with van der Waals surface area (Å²) < 4.78 is 10.6. The van der Waals surface area contributed by atoms with Crippen LogP contribution < -0.4 is 9.64 Å². The quantitative estimate of drug-likeness (QED) is 0.776. The van der Waals surface area contributed by atoms with Gasteiger partial charge in [-0.3, -0.25) is 4.79 Å². The number of nitrogens with zero attached hydrogens (tertiary/aromatic N) is 1. The number of hydrogen-bond donors (Lipinski definition) is 0. The predicted molar refractivity (Wildman–Crippen MR) is 79.8 cm³/mol. The molecular formula is C16H23NO3. The third-order valence-corrected chi connectivity index (χ3v) is 3.93. The number of anilines is 1. The van der Waals surface area contributed by atoms with Crippen molar-refractivity contribution in [3.63, 3.8) is 0 Å². The summed E-state index contributed by atoms with van der Waals surface area (Å²) >= 11 is 0. The van der Waals surface area contributed by atoms with E-state index in [-0.39, 0.29) is 5.78 Å². The van der Waals surface area contributed by atoms with Gasteiger partial charge >= 0.3 is 0 Å². The van der Waals surface area contributed by atoms with Crippen molar-refractivity contribution in [1.82, 2.24) is 0 Å². The van der Waals surface area contributed by atoms with E-state index in [0.29, 0.717) is 17.2 Å². The zero-order chi connectivity index (χ0) is 14.5. The van der Waals surface area contributed by atoms with Gasteiger partial charge in [-0.1, -0.05) is 6.07 Å². The molecule has 0 unspecified atom stereocenters. The third-order valence-electron chi connectivity index (χ3n) is 3.93. The molecule has 0 amide bonds. The summed E-state index contributed by atoms with van der Waals surface area (Å²) in [4.78, 5) is 14.2. The normalized spacial score (nSPS) is 16.2. The highest BCUT2D eigenvalue weighted by Gasteiger charge is 2.23. The van der Waals surface area contributed by atoms with Crippen LogP contribution in [-0.4, -0.2) is 39.7 Å². The lowest BCUT2D eigenvalue weighted by molar-refractivity contribution is 0.101. The van der Waals surface area contributed by atoms with Crippen LogP contribution in [0.5, 0.6) is 5.75 Å². The summed E-state index contributed by atoms with van der Waals surface area (Å²) in [6, 6.07) is 5.80. The van der Waals surface area contributed by atoms with Gasteiger partial charge in [0.15, 0.2) is 5.78 Å². The number of benzene rings is 1. The van der Waals surface area contributed by atoms with E-state index < -0.39 is 0 Å². The molecule has 1 fully saturated rings. The van der Waals surface area contributed by atoms with Crippen LogP contribution in [0.2, 0.25) is 0 Å². The number of ether oxygens (including phenoxy) is 2. The molecule has 0 N–H and O–H groups in total. The largest absolute Gasteiger partial charge is 0.496 e. The second-order valence-electron chi connectivity index (χ2n) is 5.30. The van der Waals surface area contributed by atoms with E-state index in [2.05, 4.69) is 4.90 Å². The molecule has 110 valence electrons. The van der Waals surface area contributed by atoms with E-state index in [0.717, 1.165) is 38.2 Å². The Hall–Kier alpha value is -1.55. The number of hydrogen-bond acceptors (Lipinski definition) is 4. The molecule has 0 radical (unpaired) electrons. The molecular weight excluding hydrogens is 254 g/mol. The van der Waals surface area contributed by atoms with E-state index in [9.17, 15) is 4.79 Å². The molecule has 1 saturated heterocycles.